The molecule has 0 saturated carbocycles. The Hall–Kier alpha value is -0.830. The molecule has 18 heavy (non-hydrogen) atoms. The van der Waals surface area contributed by atoms with E-state index in [1.54, 1.807) is 0 Å². The molecule has 0 spiro atoms. The molecule has 1 aliphatic rings. The van der Waals surface area contributed by atoms with Gasteiger partial charge in [0, 0.05) is 23.5 Å². The molecule has 0 N–H and O–H groups in total. The van der Waals surface area contributed by atoms with Crippen LogP contribution in [0.15, 0.2) is 24.3 Å². The number of alkyl halides is 1. The van der Waals surface area contributed by atoms with Crippen LogP contribution >= 0.6 is 15.9 Å². The highest BCUT2D eigenvalue weighted by Crippen LogP contribution is 2.25. The Balaban J connectivity index is 2.16. The topological polar surface area (TPSA) is 20.3 Å². The lowest BCUT2D eigenvalue weighted by molar-refractivity contribution is 0.0689. The molecule has 2 atom stereocenters. The number of halogens is 1. The van der Waals surface area contributed by atoms with Crippen molar-refractivity contribution in [3.8, 4) is 0 Å². The van der Waals surface area contributed by atoms with Crippen molar-refractivity contribution < 1.29 is 4.79 Å². The maximum absolute atomic E-state index is 12.5. The van der Waals surface area contributed by atoms with Crippen LogP contribution in [0, 0.1) is 5.92 Å². The third-order valence-electron chi connectivity index (χ3n) is 3.72. The van der Waals surface area contributed by atoms with E-state index in [9.17, 15) is 4.79 Å². The molecule has 0 radical (unpaired) electrons. The Bertz CT molecular complexity index is 432. The fourth-order valence-corrected chi connectivity index (χ4v) is 2.88. The van der Waals surface area contributed by atoms with Gasteiger partial charge in [-0.1, -0.05) is 48.0 Å². The van der Waals surface area contributed by atoms with Crippen LogP contribution in [-0.4, -0.2) is 28.7 Å². The molecule has 2 rings (SSSR count). The Morgan fingerprint density at radius 3 is 2.83 bits per heavy atom. The van der Waals surface area contributed by atoms with Gasteiger partial charge < -0.3 is 4.90 Å². The minimum Gasteiger partial charge on any atom is -0.338 e. The second-order valence-electron chi connectivity index (χ2n) is 5.04. The van der Waals surface area contributed by atoms with Gasteiger partial charge in [-0.3, -0.25) is 4.79 Å². The second-order valence-corrected chi connectivity index (χ2v) is 6.22. The molecular weight excluding hydrogens is 290 g/mol. The number of rotatable bonds is 2. The number of likely N-dealkylation sites (tertiary alicyclic amines) is 1. The highest BCUT2D eigenvalue weighted by Gasteiger charge is 2.28. The summed E-state index contributed by atoms with van der Waals surface area (Å²) in [6, 6.07) is 7.95. The van der Waals surface area contributed by atoms with Crippen molar-refractivity contribution in [3.05, 3.63) is 35.4 Å². The van der Waals surface area contributed by atoms with Crippen LogP contribution < -0.4 is 0 Å². The third kappa shape index (κ3) is 2.77. The molecule has 2 nitrogen and oxygen atoms in total. The zero-order valence-electron chi connectivity index (χ0n) is 11.0. The van der Waals surface area contributed by atoms with Crippen LogP contribution in [0.2, 0.25) is 0 Å². The van der Waals surface area contributed by atoms with Crippen molar-refractivity contribution in [2.45, 2.75) is 31.5 Å². The molecule has 0 aromatic heterocycles. The van der Waals surface area contributed by atoms with Crippen molar-refractivity contribution in [3.63, 3.8) is 0 Å². The summed E-state index contributed by atoms with van der Waals surface area (Å²) < 4.78 is 0. The summed E-state index contributed by atoms with van der Waals surface area (Å²) in [5.74, 6) is 0.718. The molecule has 1 aromatic carbocycles. The predicted molar refractivity (Wildman–Crippen MR) is 78.2 cm³/mol. The van der Waals surface area contributed by atoms with Gasteiger partial charge in [-0.05, 0) is 30.4 Å². The molecule has 1 heterocycles. The van der Waals surface area contributed by atoms with Crippen LogP contribution in [0.1, 0.15) is 36.2 Å². The van der Waals surface area contributed by atoms with Gasteiger partial charge in [-0.2, -0.15) is 0 Å². The van der Waals surface area contributed by atoms with E-state index in [1.165, 1.54) is 0 Å². The lowest BCUT2D eigenvalue weighted by atomic mass is 9.98. The first-order chi connectivity index (χ1) is 8.63. The number of nitrogens with zero attached hydrogens (tertiary/aromatic N) is 1. The highest BCUT2D eigenvalue weighted by molar-refractivity contribution is 9.09. The van der Waals surface area contributed by atoms with Gasteiger partial charge >= 0.3 is 0 Å². The molecule has 1 aromatic rings. The average Bonchev–Trinajstić information content (AvgIpc) is 2.41. The van der Waals surface area contributed by atoms with Crippen LogP contribution in [0.5, 0.6) is 0 Å². The van der Waals surface area contributed by atoms with Crippen molar-refractivity contribution >= 4 is 21.8 Å². The first kappa shape index (κ1) is 13.6. The van der Waals surface area contributed by atoms with Crippen molar-refractivity contribution in [2.75, 3.05) is 13.1 Å². The van der Waals surface area contributed by atoms with Gasteiger partial charge in [0.25, 0.3) is 5.91 Å². The van der Waals surface area contributed by atoms with E-state index >= 15 is 0 Å². The van der Waals surface area contributed by atoms with Crippen molar-refractivity contribution in [2.24, 2.45) is 5.92 Å². The van der Waals surface area contributed by atoms with E-state index in [1.807, 2.05) is 29.2 Å². The zero-order chi connectivity index (χ0) is 13.1. The molecule has 0 bridgehead atoms. The Morgan fingerprint density at radius 1 is 1.44 bits per heavy atom. The average molecular weight is 310 g/mol. The molecule has 98 valence electrons. The fourth-order valence-electron chi connectivity index (χ4n) is 2.51. The summed E-state index contributed by atoms with van der Waals surface area (Å²) in [7, 11) is 0. The smallest absolute Gasteiger partial charge is 0.254 e. The summed E-state index contributed by atoms with van der Waals surface area (Å²) >= 11 is 3.68. The maximum atomic E-state index is 12.5. The monoisotopic (exact) mass is 309 g/mol. The Morgan fingerprint density at radius 2 is 2.17 bits per heavy atom. The number of benzene rings is 1. The van der Waals surface area contributed by atoms with Gasteiger partial charge in [0.05, 0.1) is 0 Å². The summed E-state index contributed by atoms with van der Waals surface area (Å²) in [6.45, 7) is 6.01. The van der Waals surface area contributed by atoms with E-state index < -0.39 is 0 Å². The summed E-state index contributed by atoms with van der Waals surface area (Å²) in [4.78, 5) is 15.1. The largest absolute Gasteiger partial charge is 0.338 e. The molecule has 3 heteroatoms. The molecule has 0 aliphatic carbocycles. The minimum absolute atomic E-state index is 0.193. The molecule has 2 unspecified atom stereocenters. The van der Waals surface area contributed by atoms with Gasteiger partial charge in [-0.25, -0.2) is 0 Å². The van der Waals surface area contributed by atoms with E-state index in [4.69, 9.17) is 0 Å². The van der Waals surface area contributed by atoms with Crippen molar-refractivity contribution in [1.82, 2.24) is 4.90 Å². The minimum atomic E-state index is 0.193. The number of aryl methyl sites for hydroxylation is 1. The molecule has 1 amide bonds. The van der Waals surface area contributed by atoms with Crippen LogP contribution in [0.3, 0.4) is 0 Å². The third-order valence-corrected chi connectivity index (χ3v) is 5.08. The number of hydrogen-bond acceptors (Lipinski definition) is 1. The van der Waals surface area contributed by atoms with Crippen LogP contribution in [0.25, 0.3) is 0 Å². The number of carbonyl (C=O) groups is 1. The maximum Gasteiger partial charge on any atom is 0.254 e. The first-order valence-electron chi connectivity index (χ1n) is 6.64. The zero-order valence-corrected chi connectivity index (χ0v) is 12.6. The second kappa shape index (κ2) is 5.87. The lowest BCUT2D eigenvalue weighted by Crippen LogP contribution is -2.43. The number of amides is 1. The number of carbonyl (C=O) groups excluding carboxylic acids is 1. The summed E-state index contributed by atoms with van der Waals surface area (Å²) in [5.41, 5.74) is 2.02. The van der Waals surface area contributed by atoms with Gasteiger partial charge in [-0.15, -0.1) is 0 Å². The summed E-state index contributed by atoms with van der Waals surface area (Å²) in [5, 5.41) is 0. The number of hydrogen-bond donors (Lipinski definition) is 0. The lowest BCUT2D eigenvalue weighted by Gasteiger charge is -2.34. The highest BCUT2D eigenvalue weighted by atomic mass is 79.9. The molecular formula is C15H20BrNO. The van der Waals surface area contributed by atoms with E-state index in [0.29, 0.717) is 10.7 Å². The standard InChI is InChI=1S/C15H20BrNO/c1-3-12-6-4-5-7-13(12)15(18)17-9-8-14(16)11(2)10-17/h4-7,11,14H,3,8-10H2,1-2H3. The Kier molecular flexibility index (Phi) is 4.44. The quantitative estimate of drug-likeness (QED) is 0.766. The van der Waals surface area contributed by atoms with Crippen LogP contribution in [-0.2, 0) is 6.42 Å². The van der Waals surface area contributed by atoms with Gasteiger partial charge in [0.2, 0.25) is 0 Å². The summed E-state index contributed by atoms with van der Waals surface area (Å²) in [6.07, 6.45) is 1.95. The first-order valence-corrected chi connectivity index (χ1v) is 7.56. The predicted octanol–water partition coefficient (Wildman–Crippen LogP) is 3.49. The van der Waals surface area contributed by atoms with E-state index in [0.717, 1.165) is 37.1 Å². The number of piperidine rings is 1. The van der Waals surface area contributed by atoms with Gasteiger partial charge in [0.1, 0.15) is 0 Å². The van der Waals surface area contributed by atoms with Crippen LogP contribution in [0.4, 0.5) is 0 Å². The van der Waals surface area contributed by atoms with E-state index in [-0.39, 0.29) is 5.91 Å². The fraction of sp³-hybridized carbons (Fsp3) is 0.533. The molecule has 1 fully saturated rings. The normalized spacial score (nSPS) is 24.1. The molecule has 1 saturated heterocycles. The van der Waals surface area contributed by atoms with Gasteiger partial charge in [0.15, 0.2) is 0 Å². The van der Waals surface area contributed by atoms with E-state index in [2.05, 4.69) is 29.8 Å². The SMILES string of the molecule is CCc1ccccc1C(=O)N1CCC(Br)C(C)C1. The molecule has 1 aliphatic heterocycles. The Labute approximate surface area is 117 Å². The van der Waals surface area contributed by atoms with Crippen molar-refractivity contribution in [1.29, 1.82) is 0 Å².